The van der Waals surface area contributed by atoms with E-state index in [1.807, 2.05) is 45.0 Å². The first-order valence-corrected chi connectivity index (χ1v) is 13.1. The molecule has 0 heterocycles. The molecule has 0 spiro atoms. The number of nitrogens with zero attached hydrogens (tertiary/aromatic N) is 2. The highest BCUT2D eigenvalue weighted by atomic mass is 35.5. The summed E-state index contributed by atoms with van der Waals surface area (Å²) in [5.74, 6) is -0.730. The summed E-state index contributed by atoms with van der Waals surface area (Å²) in [6, 6.07) is 11.7. The summed E-state index contributed by atoms with van der Waals surface area (Å²) >= 11 is 6.03. The minimum atomic E-state index is -3.78. The molecule has 0 bridgehead atoms. The number of hydrogen-bond donors (Lipinski definition) is 1. The number of anilines is 1. The standard InChI is InChI=1S/C24H32ClN3O4S/c1-6-21(24(30)26-7-2)27(15-19-11-9-8-10-17(19)3)23(29)16-28(33(5,31)32)22-13-12-20(25)14-18(22)4/h8-14,21H,6-7,15-16H2,1-5H3,(H,26,30)/t21-/m0/s1. The van der Waals surface area contributed by atoms with Gasteiger partial charge in [-0.1, -0.05) is 42.8 Å². The van der Waals surface area contributed by atoms with E-state index in [2.05, 4.69) is 5.32 Å². The van der Waals surface area contributed by atoms with Gasteiger partial charge in [-0.05, 0) is 62.1 Å². The molecule has 7 nitrogen and oxygen atoms in total. The second kappa shape index (κ2) is 11.5. The predicted molar refractivity (Wildman–Crippen MR) is 133 cm³/mol. The van der Waals surface area contributed by atoms with E-state index in [9.17, 15) is 18.0 Å². The van der Waals surface area contributed by atoms with Crippen LogP contribution in [0.1, 0.15) is 37.0 Å². The molecule has 0 aliphatic carbocycles. The van der Waals surface area contributed by atoms with E-state index in [-0.39, 0.29) is 12.5 Å². The van der Waals surface area contributed by atoms with Crippen molar-refractivity contribution in [1.29, 1.82) is 0 Å². The van der Waals surface area contributed by atoms with Gasteiger partial charge in [-0.2, -0.15) is 0 Å². The van der Waals surface area contributed by atoms with Crippen LogP contribution < -0.4 is 9.62 Å². The second-order valence-corrected chi connectivity index (χ2v) is 10.3. The molecule has 180 valence electrons. The Bertz CT molecular complexity index is 1100. The Morgan fingerprint density at radius 2 is 1.73 bits per heavy atom. The molecule has 2 aromatic carbocycles. The lowest BCUT2D eigenvalue weighted by Crippen LogP contribution is -2.52. The van der Waals surface area contributed by atoms with Crippen molar-refractivity contribution < 1.29 is 18.0 Å². The van der Waals surface area contributed by atoms with Gasteiger partial charge in [0.25, 0.3) is 0 Å². The van der Waals surface area contributed by atoms with Gasteiger partial charge in [0.2, 0.25) is 21.8 Å². The zero-order valence-corrected chi connectivity index (χ0v) is 21.3. The first-order valence-electron chi connectivity index (χ1n) is 10.8. The Morgan fingerprint density at radius 1 is 1.06 bits per heavy atom. The summed E-state index contributed by atoms with van der Waals surface area (Å²) in [6.07, 6.45) is 1.45. The summed E-state index contributed by atoms with van der Waals surface area (Å²) in [6.45, 7) is 7.51. The first kappa shape index (κ1) is 26.7. The van der Waals surface area contributed by atoms with Gasteiger partial charge < -0.3 is 10.2 Å². The Kier molecular flexibility index (Phi) is 9.31. The van der Waals surface area contributed by atoms with Crippen molar-refractivity contribution in [1.82, 2.24) is 10.2 Å². The Labute approximate surface area is 201 Å². The van der Waals surface area contributed by atoms with Crippen LogP contribution in [0.3, 0.4) is 0 Å². The van der Waals surface area contributed by atoms with E-state index in [4.69, 9.17) is 11.6 Å². The monoisotopic (exact) mass is 493 g/mol. The van der Waals surface area contributed by atoms with E-state index in [0.717, 1.165) is 21.7 Å². The number of carbonyl (C=O) groups excluding carboxylic acids is 2. The van der Waals surface area contributed by atoms with Crippen LogP contribution in [-0.2, 0) is 26.2 Å². The van der Waals surface area contributed by atoms with Gasteiger partial charge in [0.15, 0.2) is 0 Å². The number of sulfonamides is 1. The lowest BCUT2D eigenvalue weighted by atomic mass is 10.1. The van der Waals surface area contributed by atoms with E-state index in [0.29, 0.717) is 29.2 Å². The number of carbonyl (C=O) groups is 2. The zero-order chi connectivity index (χ0) is 24.8. The molecule has 1 atom stereocenters. The average molecular weight is 494 g/mol. The van der Waals surface area contributed by atoms with Crippen molar-refractivity contribution in [3.63, 3.8) is 0 Å². The molecule has 2 amide bonds. The molecule has 9 heteroatoms. The van der Waals surface area contributed by atoms with Gasteiger partial charge in [-0.3, -0.25) is 13.9 Å². The van der Waals surface area contributed by atoms with Crippen molar-refractivity contribution >= 4 is 39.1 Å². The highest BCUT2D eigenvalue weighted by Gasteiger charge is 2.32. The van der Waals surface area contributed by atoms with Crippen LogP contribution in [0, 0.1) is 13.8 Å². The summed E-state index contributed by atoms with van der Waals surface area (Å²) in [5, 5.41) is 3.26. The van der Waals surface area contributed by atoms with Crippen molar-refractivity contribution in [2.75, 3.05) is 23.7 Å². The van der Waals surface area contributed by atoms with Crippen LogP contribution in [0.4, 0.5) is 5.69 Å². The summed E-state index contributed by atoms with van der Waals surface area (Å²) in [5.41, 5.74) is 2.87. The lowest BCUT2D eigenvalue weighted by molar-refractivity contribution is -0.140. The van der Waals surface area contributed by atoms with Gasteiger partial charge >= 0.3 is 0 Å². The van der Waals surface area contributed by atoms with Crippen LogP contribution in [0.2, 0.25) is 5.02 Å². The van der Waals surface area contributed by atoms with Crippen molar-refractivity contribution in [2.45, 2.75) is 46.7 Å². The molecule has 0 saturated heterocycles. The third-order valence-electron chi connectivity index (χ3n) is 5.45. The number of nitrogens with one attached hydrogen (secondary N) is 1. The number of aryl methyl sites for hydroxylation is 2. The molecule has 0 aliphatic rings. The van der Waals surface area contributed by atoms with Crippen molar-refractivity contribution in [2.24, 2.45) is 0 Å². The SMILES string of the molecule is CCNC(=O)[C@H](CC)N(Cc1ccccc1C)C(=O)CN(c1ccc(Cl)cc1C)S(C)(=O)=O. The van der Waals surface area contributed by atoms with Crippen LogP contribution in [0.5, 0.6) is 0 Å². The molecule has 0 aliphatic heterocycles. The molecule has 0 unspecified atom stereocenters. The quantitative estimate of drug-likeness (QED) is 0.547. The van der Waals surface area contributed by atoms with Crippen LogP contribution in [-0.4, -0.2) is 50.5 Å². The lowest BCUT2D eigenvalue weighted by Gasteiger charge is -2.33. The van der Waals surface area contributed by atoms with Gasteiger partial charge in [0.05, 0.1) is 11.9 Å². The van der Waals surface area contributed by atoms with E-state index in [1.54, 1.807) is 25.1 Å². The summed E-state index contributed by atoms with van der Waals surface area (Å²) in [7, 11) is -3.78. The predicted octanol–water partition coefficient (Wildman–Crippen LogP) is 3.67. The highest BCUT2D eigenvalue weighted by molar-refractivity contribution is 7.92. The summed E-state index contributed by atoms with van der Waals surface area (Å²) < 4.78 is 26.4. The normalized spacial score (nSPS) is 12.2. The largest absolute Gasteiger partial charge is 0.355 e. The van der Waals surface area contributed by atoms with Gasteiger partial charge in [-0.25, -0.2) is 8.42 Å². The Hall–Kier alpha value is -2.58. The fourth-order valence-electron chi connectivity index (χ4n) is 3.68. The van der Waals surface area contributed by atoms with Crippen molar-refractivity contribution in [3.8, 4) is 0 Å². The van der Waals surface area contributed by atoms with Gasteiger partial charge in [0.1, 0.15) is 12.6 Å². The minimum absolute atomic E-state index is 0.193. The first-order chi connectivity index (χ1) is 15.5. The number of halogens is 1. The van der Waals surface area contributed by atoms with Crippen LogP contribution >= 0.6 is 11.6 Å². The maximum absolute atomic E-state index is 13.6. The number of benzene rings is 2. The minimum Gasteiger partial charge on any atom is -0.355 e. The number of hydrogen-bond acceptors (Lipinski definition) is 4. The molecule has 33 heavy (non-hydrogen) atoms. The third-order valence-corrected chi connectivity index (χ3v) is 6.81. The zero-order valence-electron chi connectivity index (χ0n) is 19.8. The molecule has 0 saturated carbocycles. The van der Waals surface area contributed by atoms with Gasteiger partial charge in [-0.15, -0.1) is 0 Å². The van der Waals surface area contributed by atoms with Crippen LogP contribution in [0.25, 0.3) is 0 Å². The average Bonchev–Trinajstić information content (AvgIpc) is 2.73. The number of likely N-dealkylation sites (N-methyl/N-ethyl adjacent to an activating group) is 1. The molecule has 0 radical (unpaired) electrons. The molecular weight excluding hydrogens is 462 g/mol. The van der Waals surface area contributed by atoms with Gasteiger partial charge in [0, 0.05) is 18.1 Å². The fraction of sp³-hybridized carbons (Fsp3) is 0.417. The Balaban J connectivity index is 2.48. The Morgan fingerprint density at radius 3 is 2.27 bits per heavy atom. The van der Waals surface area contributed by atoms with E-state index in [1.165, 1.54) is 4.90 Å². The highest BCUT2D eigenvalue weighted by Crippen LogP contribution is 2.26. The number of rotatable bonds is 10. The third kappa shape index (κ3) is 6.95. The maximum Gasteiger partial charge on any atom is 0.244 e. The topological polar surface area (TPSA) is 86.8 Å². The summed E-state index contributed by atoms with van der Waals surface area (Å²) in [4.78, 5) is 27.8. The number of amides is 2. The smallest absolute Gasteiger partial charge is 0.244 e. The van der Waals surface area contributed by atoms with Crippen LogP contribution in [0.15, 0.2) is 42.5 Å². The molecule has 2 rings (SSSR count). The second-order valence-electron chi connectivity index (χ2n) is 7.97. The molecule has 0 aromatic heterocycles. The van der Waals surface area contributed by atoms with Crippen molar-refractivity contribution in [3.05, 3.63) is 64.2 Å². The molecule has 0 fully saturated rings. The van der Waals surface area contributed by atoms with E-state index >= 15 is 0 Å². The molecule has 2 aromatic rings. The fourth-order valence-corrected chi connectivity index (χ4v) is 4.81. The van der Waals surface area contributed by atoms with E-state index < -0.39 is 28.5 Å². The molecule has 1 N–H and O–H groups in total. The molecular formula is C24H32ClN3O4S. The maximum atomic E-state index is 13.6.